The molecule has 0 atom stereocenters. The first-order chi connectivity index (χ1) is 15.1. The number of carbonyl (C=O) groups is 1. The van der Waals surface area contributed by atoms with Gasteiger partial charge in [0.05, 0.1) is 30.8 Å². The lowest BCUT2D eigenvalue weighted by atomic mass is 10.3. The smallest absolute Gasteiger partial charge is 0.232 e. The van der Waals surface area contributed by atoms with Gasteiger partial charge in [0, 0.05) is 12.3 Å². The molecule has 3 aromatic rings. The van der Waals surface area contributed by atoms with Crippen molar-refractivity contribution in [2.24, 2.45) is 0 Å². The number of methoxy groups -OCH3 is 1. The largest absolute Gasteiger partial charge is 0.493 e. The normalized spacial score (nSPS) is 10.5. The molecule has 7 nitrogen and oxygen atoms in total. The summed E-state index contributed by atoms with van der Waals surface area (Å²) in [7, 11) is 1.61. The lowest BCUT2D eigenvalue weighted by molar-refractivity contribution is -0.115. The van der Waals surface area contributed by atoms with Gasteiger partial charge in [-0.2, -0.15) is 0 Å². The third-order valence-electron chi connectivity index (χ3n) is 4.21. The molecule has 1 aromatic heterocycles. The first kappa shape index (κ1) is 22.7. The molecule has 0 aliphatic rings. The van der Waals surface area contributed by atoms with Crippen LogP contribution < -0.4 is 14.8 Å². The fourth-order valence-electron chi connectivity index (χ4n) is 2.79. The third-order valence-corrected chi connectivity index (χ3v) is 5.47. The van der Waals surface area contributed by atoms with Gasteiger partial charge in [-0.3, -0.25) is 4.79 Å². The van der Waals surface area contributed by atoms with Gasteiger partial charge in [0.1, 0.15) is 5.82 Å². The number of para-hydroxylation sites is 3. The topological polar surface area (TPSA) is 78.3 Å². The number of benzene rings is 2. The minimum Gasteiger partial charge on any atom is -0.493 e. The highest BCUT2D eigenvalue weighted by atomic mass is 35.5. The number of ether oxygens (including phenoxy) is 2. The second-order valence-electron chi connectivity index (χ2n) is 6.35. The van der Waals surface area contributed by atoms with Crippen molar-refractivity contribution in [2.45, 2.75) is 18.1 Å². The number of carbonyl (C=O) groups excluding carboxylic acids is 1. The molecule has 162 valence electrons. The van der Waals surface area contributed by atoms with Gasteiger partial charge in [0.2, 0.25) is 5.91 Å². The second kappa shape index (κ2) is 11.4. The molecular weight excluding hydrogens is 436 g/mol. The number of nitrogens with zero attached hydrogens (tertiary/aromatic N) is 3. The molecule has 0 unspecified atom stereocenters. The molecule has 3 rings (SSSR count). The summed E-state index contributed by atoms with van der Waals surface area (Å²) in [6, 6.07) is 14.6. The number of hydrogen-bond acceptors (Lipinski definition) is 6. The Morgan fingerprint density at radius 2 is 1.94 bits per heavy atom. The summed E-state index contributed by atoms with van der Waals surface area (Å²) in [5, 5.41) is 12.4. The van der Waals surface area contributed by atoms with Crippen molar-refractivity contribution >= 4 is 35.0 Å². The van der Waals surface area contributed by atoms with E-state index in [4.69, 9.17) is 21.1 Å². The average Bonchev–Trinajstić information content (AvgIpc) is 3.14. The summed E-state index contributed by atoms with van der Waals surface area (Å²) in [5.74, 6) is 2.36. The van der Waals surface area contributed by atoms with Crippen LogP contribution in [0.2, 0.25) is 5.02 Å². The Kier molecular flexibility index (Phi) is 8.37. The first-order valence-corrected chi connectivity index (χ1v) is 10.9. The highest BCUT2D eigenvalue weighted by Crippen LogP contribution is 2.26. The Bertz CT molecular complexity index is 1040. The van der Waals surface area contributed by atoms with E-state index in [9.17, 15) is 4.79 Å². The van der Waals surface area contributed by atoms with E-state index in [1.54, 1.807) is 31.4 Å². The van der Waals surface area contributed by atoms with E-state index in [0.717, 1.165) is 0 Å². The van der Waals surface area contributed by atoms with E-state index in [1.165, 1.54) is 11.8 Å². The summed E-state index contributed by atoms with van der Waals surface area (Å²) in [5.41, 5.74) is 0.562. The molecule has 0 spiro atoms. The van der Waals surface area contributed by atoms with Crippen LogP contribution in [0.5, 0.6) is 11.5 Å². The number of hydrogen-bond donors (Lipinski definition) is 1. The number of nitrogens with one attached hydrogen (secondary N) is 1. The van der Waals surface area contributed by atoms with Crippen molar-refractivity contribution in [2.75, 3.05) is 24.8 Å². The second-order valence-corrected chi connectivity index (χ2v) is 7.82. The predicted molar refractivity (Wildman–Crippen MR) is 123 cm³/mol. The summed E-state index contributed by atoms with van der Waals surface area (Å²) in [4.78, 5) is 12.5. The van der Waals surface area contributed by atoms with Crippen molar-refractivity contribution in [1.82, 2.24) is 14.8 Å². The van der Waals surface area contributed by atoms with Crippen LogP contribution in [0.25, 0.3) is 0 Å². The van der Waals surface area contributed by atoms with Crippen molar-refractivity contribution < 1.29 is 14.3 Å². The number of aromatic nitrogens is 3. The van der Waals surface area contributed by atoms with E-state index in [1.807, 2.05) is 34.9 Å². The molecule has 0 saturated carbocycles. The minimum absolute atomic E-state index is 0.0737. The number of halogens is 1. The molecule has 9 heteroatoms. The Labute approximate surface area is 190 Å². The van der Waals surface area contributed by atoms with Crippen molar-refractivity contribution in [3.05, 3.63) is 72.0 Å². The molecule has 1 N–H and O–H groups in total. The molecule has 0 bridgehead atoms. The molecule has 2 aromatic carbocycles. The summed E-state index contributed by atoms with van der Waals surface area (Å²) >= 11 is 7.60. The van der Waals surface area contributed by atoms with Gasteiger partial charge >= 0.3 is 0 Å². The van der Waals surface area contributed by atoms with Gasteiger partial charge < -0.3 is 19.4 Å². The van der Waals surface area contributed by atoms with Gasteiger partial charge in [-0.15, -0.1) is 16.8 Å². The number of amides is 1. The predicted octanol–water partition coefficient (Wildman–Crippen LogP) is 4.48. The van der Waals surface area contributed by atoms with Crippen LogP contribution in [0.15, 0.2) is 66.3 Å². The Hall–Kier alpha value is -2.97. The maximum Gasteiger partial charge on any atom is 0.232 e. The summed E-state index contributed by atoms with van der Waals surface area (Å²) in [6.45, 7) is 4.75. The fraction of sp³-hybridized carbons (Fsp3) is 0.227. The number of allylic oxidation sites excluding steroid dienone is 1. The number of rotatable bonds is 11. The van der Waals surface area contributed by atoms with Crippen LogP contribution in [0.1, 0.15) is 5.82 Å². The SMILES string of the molecule is C=CCn1c(CC(=O)Nc2ccccc2Cl)nnc1SCCOc1ccccc1OC. The molecular formula is C22H23ClN4O3S. The molecule has 0 aliphatic carbocycles. The van der Waals surface area contributed by atoms with Gasteiger partial charge in [0.15, 0.2) is 16.7 Å². The Morgan fingerprint density at radius 1 is 1.19 bits per heavy atom. The van der Waals surface area contributed by atoms with Gasteiger partial charge in [0.25, 0.3) is 0 Å². The monoisotopic (exact) mass is 458 g/mol. The highest BCUT2D eigenvalue weighted by molar-refractivity contribution is 7.99. The molecule has 1 amide bonds. The zero-order valence-corrected chi connectivity index (χ0v) is 18.7. The van der Waals surface area contributed by atoms with Crippen LogP contribution in [-0.2, 0) is 17.8 Å². The lowest BCUT2D eigenvalue weighted by Crippen LogP contribution is -2.18. The molecule has 0 radical (unpaired) electrons. The first-order valence-electron chi connectivity index (χ1n) is 9.58. The average molecular weight is 459 g/mol. The fourth-order valence-corrected chi connectivity index (χ4v) is 3.76. The molecule has 0 fully saturated rings. The third kappa shape index (κ3) is 6.26. The van der Waals surface area contributed by atoms with Gasteiger partial charge in [-0.25, -0.2) is 0 Å². The lowest BCUT2D eigenvalue weighted by Gasteiger charge is -2.11. The summed E-state index contributed by atoms with van der Waals surface area (Å²) in [6.07, 6.45) is 1.82. The van der Waals surface area contributed by atoms with Crippen molar-refractivity contribution in [1.29, 1.82) is 0 Å². The standard InChI is InChI=1S/C22H23ClN4O3S/c1-3-12-27-20(15-21(28)24-17-9-5-4-8-16(17)23)25-26-22(27)31-14-13-30-19-11-7-6-10-18(19)29-2/h3-11H,1,12-15H2,2H3,(H,24,28). The molecule has 0 aliphatic heterocycles. The van der Waals surface area contributed by atoms with Crippen LogP contribution >= 0.6 is 23.4 Å². The van der Waals surface area contributed by atoms with Crippen LogP contribution in [0.3, 0.4) is 0 Å². The van der Waals surface area contributed by atoms with Crippen LogP contribution in [0, 0.1) is 0 Å². The van der Waals surface area contributed by atoms with E-state index < -0.39 is 0 Å². The van der Waals surface area contributed by atoms with Crippen molar-refractivity contribution in [3.63, 3.8) is 0 Å². The number of thioether (sulfide) groups is 1. The maximum absolute atomic E-state index is 12.5. The quantitative estimate of drug-likeness (QED) is 0.259. The van der Waals surface area contributed by atoms with E-state index in [-0.39, 0.29) is 12.3 Å². The van der Waals surface area contributed by atoms with Crippen molar-refractivity contribution in [3.8, 4) is 11.5 Å². The van der Waals surface area contributed by atoms with Crippen LogP contribution in [-0.4, -0.2) is 40.1 Å². The molecule has 31 heavy (non-hydrogen) atoms. The Morgan fingerprint density at radius 3 is 2.68 bits per heavy atom. The van der Waals surface area contributed by atoms with E-state index in [0.29, 0.717) is 52.1 Å². The van der Waals surface area contributed by atoms with E-state index >= 15 is 0 Å². The highest BCUT2D eigenvalue weighted by Gasteiger charge is 2.16. The van der Waals surface area contributed by atoms with Gasteiger partial charge in [-0.1, -0.05) is 53.7 Å². The van der Waals surface area contributed by atoms with Crippen LogP contribution in [0.4, 0.5) is 5.69 Å². The molecule has 1 heterocycles. The van der Waals surface area contributed by atoms with E-state index in [2.05, 4.69) is 22.1 Å². The van der Waals surface area contributed by atoms with Gasteiger partial charge in [-0.05, 0) is 24.3 Å². The Balaban J connectivity index is 1.58. The maximum atomic E-state index is 12.5. The zero-order chi connectivity index (χ0) is 22.1. The molecule has 0 saturated heterocycles. The number of anilines is 1. The minimum atomic E-state index is -0.220. The summed E-state index contributed by atoms with van der Waals surface area (Å²) < 4.78 is 13.0. The zero-order valence-electron chi connectivity index (χ0n) is 17.1.